The van der Waals surface area contributed by atoms with Gasteiger partial charge in [0.2, 0.25) is 0 Å². The van der Waals surface area contributed by atoms with E-state index in [1.54, 1.807) is 45.9 Å². The molecule has 0 radical (unpaired) electrons. The maximum absolute atomic E-state index is 13.4. The molecule has 12 nitrogen and oxygen atoms in total. The summed E-state index contributed by atoms with van der Waals surface area (Å²) in [5.74, 6) is 0.374. The second kappa shape index (κ2) is 26.6. The first kappa shape index (κ1) is 53.0. The number of allylic oxidation sites excluding steroid dienone is 8. The molecule has 3 aliphatic rings. The molecule has 1 fully saturated rings. The maximum atomic E-state index is 13.4. The largest absolute Gasteiger partial charge is 0.494 e. The van der Waals surface area contributed by atoms with Gasteiger partial charge in [0.1, 0.15) is 23.0 Å². The first-order chi connectivity index (χ1) is 33.1. The third-order valence-corrected chi connectivity index (χ3v) is 11.7. The third-order valence-electron chi connectivity index (χ3n) is 11.7. The highest BCUT2D eigenvalue weighted by Crippen LogP contribution is 2.55. The van der Waals surface area contributed by atoms with Crippen molar-refractivity contribution >= 4 is 35.4 Å². The fourth-order valence-electron chi connectivity index (χ4n) is 7.63. The fourth-order valence-corrected chi connectivity index (χ4v) is 7.63. The van der Waals surface area contributed by atoms with Crippen LogP contribution in [0.15, 0.2) is 144 Å². The lowest BCUT2D eigenvalue weighted by molar-refractivity contribution is -0.144. The Morgan fingerprint density at radius 2 is 1.38 bits per heavy atom. The van der Waals surface area contributed by atoms with Gasteiger partial charge in [-0.05, 0) is 162 Å². The molecule has 69 heavy (non-hydrogen) atoms. The molecule has 0 spiro atoms. The van der Waals surface area contributed by atoms with Crippen molar-refractivity contribution < 1.29 is 57.1 Å². The number of esters is 5. The summed E-state index contributed by atoms with van der Waals surface area (Å²) in [5.41, 5.74) is 6.58. The van der Waals surface area contributed by atoms with Gasteiger partial charge in [-0.1, -0.05) is 68.7 Å². The van der Waals surface area contributed by atoms with Crippen LogP contribution in [0.3, 0.4) is 0 Å². The van der Waals surface area contributed by atoms with Gasteiger partial charge < -0.3 is 33.2 Å². The Kier molecular flexibility index (Phi) is 20.4. The number of hydrogen-bond acceptors (Lipinski definition) is 12. The first-order valence-corrected chi connectivity index (χ1v) is 23.7. The topological polar surface area (TPSA) is 150 Å². The Morgan fingerprint density at radius 1 is 0.725 bits per heavy atom. The molecule has 2 unspecified atom stereocenters. The number of unbranched alkanes of at least 4 members (excludes halogenated alkanes) is 3. The van der Waals surface area contributed by atoms with Crippen molar-refractivity contribution in [3.63, 3.8) is 0 Å². The minimum Gasteiger partial charge on any atom is -0.494 e. The van der Waals surface area contributed by atoms with E-state index in [1.807, 2.05) is 55.5 Å². The van der Waals surface area contributed by atoms with Crippen LogP contribution < -0.4 is 14.2 Å². The molecule has 2 atom stereocenters. The predicted molar refractivity (Wildman–Crippen MR) is 265 cm³/mol. The average molecular weight is 943 g/mol. The van der Waals surface area contributed by atoms with Crippen molar-refractivity contribution in [1.29, 1.82) is 0 Å². The van der Waals surface area contributed by atoms with Crippen molar-refractivity contribution in [2.45, 2.75) is 92.4 Å². The summed E-state index contributed by atoms with van der Waals surface area (Å²) in [5, 5.41) is 0. The van der Waals surface area contributed by atoms with Crippen LogP contribution in [0, 0.1) is 24.7 Å². The zero-order chi connectivity index (χ0) is 49.9. The molecule has 0 saturated heterocycles. The molecule has 2 aromatic carbocycles. The molecule has 2 aromatic rings. The van der Waals surface area contributed by atoms with Crippen molar-refractivity contribution in [3.05, 3.63) is 155 Å². The molecular weight excluding hydrogens is 877 g/mol. The summed E-state index contributed by atoms with van der Waals surface area (Å²) >= 11 is 0. The Bertz CT molecular complexity index is 2410. The van der Waals surface area contributed by atoms with Crippen molar-refractivity contribution in [3.8, 4) is 17.2 Å². The van der Waals surface area contributed by atoms with Crippen LogP contribution in [0.4, 0.5) is 0 Å². The van der Waals surface area contributed by atoms with E-state index in [2.05, 4.69) is 31.9 Å². The van der Waals surface area contributed by atoms with Crippen LogP contribution in [0.1, 0.15) is 96.6 Å². The lowest BCUT2D eigenvalue weighted by atomic mass is 9.92. The van der Waals surface area contributed by atoms with E-state index in [9.17, 15) is 24.0 Å². The normalized spacial score (nSPS) is 16.0. The number of hydrogen-bond donors (Lipinski definition) is 0. The average Bonchev–Trinajstić information content (AvgIpc) is 4.16. The molecule has 1 saturated carbocycles. The number of fused-ring (bicyclic) bond motifs is 1. The molecule has 0 aliphatic heterocycles. The summed E-state index contributed by atoms with van der Waals surface area (Å²) in [6.45, 7) is 20.7. The standard InChI is InChI=1S/C57H66O12/c1-9-42-33-46(63-29-12-10-11-13-30-65-54(59)37(2)3)17-15-18-49(42)57(62)68-47-25-27-52(40(8)32-47)69-53(58)19-14-16-43-22-26-48(51-34-50(43)51)44-20-23-45(24-21-44)64-31-28-41(35-66-55(60)38(4)5)36-67-56(61)39(6)7/h14,17-27,32-33,41,50-51H,2,4,6,9-13,15-16,28-31,34-36H2,1,3,5,7-8H3/b19-14+. The van der Waals surface area contributed by atoms with Gasteiger partial charge in [-0.25, -0.2) is 24.0 Å². The van der Waals surface area contributed by atoms with Gasteiger partial charge in [0.05, 0.1) is 38.6 Å². The highest BCUT2D eigenvalue weighted by Gasteiger charge is 2.43. The van der Waals surface area contributed by atoms with Gasteiger partial charge in [-0.3, -0.25) is 0 Å². The molecule has 5 rings (SSSR count). The molecule has 366 valence electrons. The van der Waals surface area contributed by atoms with Crippen LogP contribution >= 0.6 is 0 Å². The highest BCUT2D eigenvalue weighted by atomic mass is 16.6. The zero-order valence-electron chi connectivity index (χ0n) is 40.7. The Labute approximate surface area is 406 Å². The van der Waals surface area contributed by atoms with Gasteiger partial charge in [0, 0.05) is 28.7 Å². The van der Waals surface area contributed by atoms with E-state index in [4.69, 9.17) is 33.2 Å². The minimum absolute atomic E-state index is 0.0693. The quantitative estimate of drug-likeness (QED) is 0.0276. The number of rotatable bonds is 27. The fraction of sp³-hybridized carbons (Fsp3) is 0.386. The number of aryl methyl sites for hydroxylation is 1. The van der Waals surface area contributed by atoms with E-state index in [-0.39, 0.29) is 25.1 Å². The van der Waals surface area contributed by atoms with Crippen molar-refractivity contribution in [2.24, 2.45) is 17.8 Å². The van der Waals surface area contributed by atoms with E-state index in [0.29, 0.717) is 108 Å². The lowest BCUT2D eigenvalue weighted by Gasteiger charge is -2.18. The van der Waals surface area contributed by atoms with Crippen LogP contribution in [0.25, 0.3) is 5.57 Å². The van der Waals surface area contributed by atoms with Gasteiger partial charge in [-0.15, -0.1) is 0 Å². The van der Waals surface area contributed by atoms with Crippen molar-refractivity contribution in [1.82, 2.24) is 0 Å². The molecule has 0 N–H and O–H groups in total. The predicted octanol–water partition coefficient (Wildman–Crippen LogP) is 11.3. The zero-order valence-corrected chi connectivity index (χ0v) is 40.7. The van der Waals surface area contributed by atoms with Crippen LogP contribution in [-0.2, 0) is 42.9 Å². The van der Waals surface area contributed by atoms with E-state index in [0.717, 1.165) is 43.2 Å². The van der Waals surface area contributed by atoms with Gasteiger partial charge >= 0.3 is 29.8 Å². The highest BCUT2D eigenvalue weighted by molar-refractivity contribution is 5.95. The van der Waals surface area contributed by atoms with Gasteiger partial charge in [0.15, 0.2) is 0 Å². The van der Waals surface area contributed by atoms with Gasteiger partial charge in [0.25, 0.3) is 0 Å². The van der Waals surface area contributed by atoms with Gasteiger partial charge in [-0.2, -0.15) is 0 Å². The molecule has 0 bridgehead atoms. The van der Waals surface area contributed by atoms with E-state index < -0.39 is 23.9 Å². The summed E-state index contributed by atoms with van der Waals surface area (Å²) < 4.78 is 39.2. The van der Waals surface area contributed by atoms with Crippen molar-refractivity contribution in [2.75, 3.05) is 33.0 Å². The van der Waals surface area contributed by atoms with Crippen LogP contribution in [-0.4, -0.2) is 62.9 Å². The molecule has 12 heteroatoms. The Balaban J connectivity index is 1.04. The Morgan fingerprint density at radius 3 is 2.03 bits per heavy atom. The van der Waals surface area contributed by atoms with Crippen LogP contribution in [0.2, 0.25) is 0 Å². The number of carbonyl (C=O) groups is 5. The lowest BCUT2D eigenvalue weighted by Crippen LogP contribution is -2.23. The smallest absolute Gasteiger partial charge is 0.343 e. The van der Waals surface area contributed by atoms with E-state index >= 15 is 0 Å². The molecule has 3 aliphatic carbocycles. The third kappa shape index (κ3) is 17.0. The second-order valence-corrected chi connectivity index (χ2v) is 17.6. The molecular formula is C57H66O12. The first-order valence-electron chi connectivity index (χ1n) is 23.7. The molecule has 0 amide bonds. The summed E-state index contributed by atoms with van der Waals surface area (Å²) in [4.78, 5) is 61.6. The monoisotopic (exact) mass is 942 g/mol. The summed E-state index contributed by atoms with van der Waals surface area (Å²) in [7, 11) is 0. The summed E-state index contributed by atoms with van der Waals surface area (Å²) in [6.07, 6.45) is 20.1. The maximum Gasteiger partial charge on any atom is 0.343 e. The SMILES string of the molecule is C=C(C)C(=O)OCCCCCCOC1=CCC=C(C(=O)Oc2ccc(OC(=O)/C=C/CC3=CC=C(c4ccc(OCCC(COC(=O)C(=C)C)COC(=O)C(=C)C)cc4)C4CC34)c(C)c2)C(CC)=C1. The minimum atomic E-state index is -0.499. The number of carbonyl (C=O) groups excluding carboxylic acids is 5. The summed E-state index contributed by atoms with van der Waals surface area (Å²) in [6, 6.07) is 12.9. The molecule has 0 aromatic heterocycles. The molecule has 0 heterocycles. The van der Waals surface area contributed by atoms with E-state index in [1.165, 1.54) is 17.2 Å². The Hall–Kier alpha value is -6.95. The van der Waals surface area contributed by atoms with Crippen LogP contribution in [0.5, 0.6) is 17.2 Å². The second-order valence-electron chi connectivity index (χ2n) is 17.6. The number of ether oxygens (including phenoxy) is 7. The number of benzene rings is 2.